The van der Waals surface area contributed by atoms with Crippen molar-refractivity contribution in [3.63, 3.8) is 0 Å². The Labute approximate surface area is 202 Å². The molecule has 0 amide bonds. The van der Waals surface area contributed by atoms with Crippen LogP contribution in [0.1, 0.15) is 53.5 Å². The van der Waals surface area contributed by atoms with Gasteiger partial charge in [0.2, 0.25) is 0 Å². The summed E-state index contributed by atoms with van der Waals surface area (Å²) in [6, 6.07) is 19.2. The van der Waals surface area contributed by atoms with Gasteiger partial charge in [0.15, 0.2) is 5.78 Å². The van der Waals surface area contributed by atoms with Crippen LogP contribution in [0, 0.1) is 27.7 Å². The summed E-state index contributed by atoms with van der Waals surface area (Å²) < 4.78 is 35.9. The number of alkyl halides is 3. The van der Waals surface area contributed by atoms with Crippen LogP contribution >= 0.6 is 0 Å². The van der Waals surface area contributed by atoms with E-state index in [2.05, 4.69) is 26.0 Å². The number of benzene rings is 3. The summed E-state index contributed by atoms with van der Waals surface area (Å²) in [5, 5.41) is 0. The predicted octanol–water partition coefficient (Wildman–Crippen LogP) is 7.56. The van der Waals surface area contributed by atoms with Crippen molar-refractivity contribution in [2.45, 2.75) is 47.2 Å². The Kier molecular flexibility index (Phi) is 13.7. The van der Waals surface area contributed by atoms with E-state index in [9.17, 15) is 18.0 Å². The zero-order valence-corrected chi connectivity index (χ0v) is 20.2. The first kappa shape index (κ1) is 30.5. The van der Waals surface area contributed by atoms with Crippen molar-refractivity contribution in [2.75, 3.05) is 0 Å². The molecule has 0 saturated carbocycles. The van der Waals surface area contributed by atoms with E-state index in [4.69, 9.17) is 9.59 Å². The van der Waals surface area contributed by atoms with Crippen LogP contribution in [0.2, 0.25) is 0 Å². The van der Waals surface area contributed by atoms with Gasteiger partial charge in [0.25, 0.3) is 0 Å². The second-order valence-corrected chi connectivity index (χ2v) is 7.44. The number of hydrogen-bond donors (Lipinski definition) is 0. The summed E-state index contributed by atoms with van der Waals surface area (Å²) in [7, 11) is 0. The standard InChI is InChI=1S/C17H18O.C8H7F3.C2H4O.CH2O.2H2/c1-12-8-9-15(10-14(12)3)11-17(18)16-7-5-4-6-13(16)2;1-6-3-2-4-7(5-6)8(9,10)11;1-2-3;1-2;;/h4-10H,11H2,1-3H3;2-5H,1H3;2H,1H3;1H2;2*1H. The zero-order chi connectivity index (χ0) is 26.3. The molecule has 0 fully saturated rings. The average molecular weight is 477 g/mol. The van der Waals surface area contributed by atoms with E-state index in [1.165, 1.54) is 24.1 Å². The molecule has 34 heavy (non-hydrogen) atoms. The molecule has 0 atom stereocenters. The quantitative estimate of drug-likeness (QED) is 0.289. The number of Topliss-reactive ketones (excluding diaryl/α,β-unsaturated/α-hetero) is 1. The average Bonchev–Trinajstić information content (AvgIpc) is 2.78. The highest BCUT2D eigenvalue weighted by Gasteiger charge is 2.29. The van der Waals surface area contributed by atoms with E-state index < -0.39 is 11.7 Å². The molecule has 0 heterocycles. The molecule has 0 bridgehead atoms. The highest BCUT2D eigenvalue weighted by molar-refractivity contribution is 5.98. The van der Waals surface area contributed by atoms with Crippen LogP contribution in [0.15, 0.2) is 66.7 Å². The maximum absolute atomic E-state index is 12.2. The largest absolute Gasteiger partial charge is 0.416 e. The molecule has 0 radical (unpaired) electrons. The van der Waals surface area contributed by atoms with Crippen molar-refractivity contribution in [1.82, 2.24) is 0 Å². The molecule has 0 saturated heterocycles. The third-order valence-corrected chi connectivity index (χ3v) is 4.73. The van der Waals surface area contributed by atoms with Gasteiger partial charge in [-0.1, -0.05) is 66.2 Å². The summed E-state index contributed by atoms with van der Waals surface area (Å²) >= 11 is 0. The van der Waals surface area contributed by atoms with E-state index in [0.717, 1.165) is 35.1 Å². The molecule has 3 rings (SSSR count). The molecule has 0 aromatic heterocycles. The van der Waals surface area contributed by atoms with E-state index in [1.807, 2.05) is 44.0 Å². The lowest BCUT2D eigenvalue weighted by molar-refractivity contribution is -0.137. The van der Waals surface area contributed by atoms with Crippen LogP contribution in [0.25, 0.3) is 0 Å². The minimum atomic E-state index is -4.22. The summed E-state index contributed by atoms with van der Waals surface area (Å²) in [5.41, 5.74) is 5.51. The molecule has 3 aromatic carbocycles. The molecule has 0 N–H and O–H groups in total. The third kappa shape index (κ3) is 10.9. The van der Waals surface area contributed by atoms with E-state index in [0.29, 0.717) is 12.0 Å². The lowest BCUT2D eigenvalue weighted by atomic mass is 9.97. The molecule has 0 aliphatic heterocycles. The summed E-state index contributed by atoms with van der Waals surface area (Å²) in [6.07, 6.45) is -2.99. The minimum Gasteiger partial charge on any atom is -0.307 e. The van der Waals surface area contributed by atoms with Crippen LogP contribution in [0.5, 0.6) is 0 Å². The lowest BCUT2D eigenvalue weighted by Crippen LogP contribution is -2.05. The van der Waals surface area contributed by atoms with Gasteiger partial charge < -0.3 is 9.59 Å². The molecule has 0 aliphatic rings. The topological polar surface area (TPSA) is 51.2 Å². The maximum atomic E-state index is 12.2. The van der Waals surface area contributed by atoms with Gasteiger partial charge >= 0.3 is 6.18 Å². The Morgan fingerprint density at radius 3 is 1.91 bits per heavy atom. The molecular formula is C28H35F3O3. The molecule has 0 spiro atoms. The van der Waals surface area contributed by atoms with Gasteiger partial charge in [-0.3, -0.25) is 4.79 Å². The monoisotopic (exact) mass is 476 g/mol. The number of hydrogen-bond acceptors (Lipinski definition) is 3. The smallest absolute Gasteiger partial charge is 0.307 e. The van der Waals surface area contributed by atoms with E-state index >= 15 is 0 Å². The third-order valence-electron chi connectivity index (χ3n) is 4.73. The van der Waals surface area contributed by atoms with Crippen LogP contribution in [0.3, 0.4) is 0 Å². The van der Waals surface area contributed by atoms with Gasteiger partial charge in [0, 0.05) is 14.8 Å². The van der Waals surface area contributed by atoms with Gasteiger partial charge in [0.1, 0.15) is 13.1 Å². The van der Waals surface area contributed by atoms with Crippen LogP contribution in [0.4, 0.5) is 13.2 Å². The summed E-state index contributed by atoms with van der Waals surface area (Å²) in [6.45, 7) is 11.2. The SMILES string of the molecule is C=O.CC=O.Cc1ccc(CC(=O)c2ccccc2C)cc1C.Cc1cccc(C(F)(F)F)c1.[HH].[HH]. The fourth-order valence-corrected chi connectivity index (χ4v) is 2.90. The van der Waals surface area contributed by atoms with E-state index in [-0.39, 0.29) is 8.64 Å². The Morgan fingerprint density at radius 2 is 1.44 bits per heavy atom. The fourth-order valence-electron chi connectivity index (χ4n) is 2.90. The number of halogens is 3. The number of rotatable bonds is 3. The molecule has 0 aliphatic carbocycles. The summed E-state index contributed by atoms with van der Waals surface area (Å²) in [5.74, 6) is 0.191. The highest BCUT2D eigenvalue weighted by atomic mass is 19.4. The second-order valence-electron chi connectivity index (χ2n) is 7.44. The molecular weight excluding hydrogens is 441 g/mol. The Bertz CT molecular complexity index is 1070. The maximum Gasteiger partial charge on any atom is 0.416 e. The molecule has 3 nitrogen and oxygen atoms in total. The van der Waals surface area contributed by atoms with Crippen molar-refractivity contribution in [1.29, 1.82) is 0 Å². The number of carbonyl (C=O) groups excluding carboxylic acids is 3. The first-order valence-corrected chi connectivity index (χ1v) is 10.5. The number of aryl methyl sites for hydroxylation is 4. The van der Waals surface area contributed by atoms with Gasteiger partial charge in [-0.25, -0.2) is 0 Å². The highest BCUT2D eigenvalue weighted by Crippen LogP contribution is 2.29. The predicted molar refractivity (Wildman–Crippen MR) is 134 cm³/mol. The molecule has 6 heteroatoms. The van der Waals surface area contributed by atoms with Crippen molar-refractivity contribution in [2.24, 2.45) is 0 Å². The van der Waals surface area contributed by atoms with Gasteiger partial charge in [-0.15, -0.1) is 0 Å². The van der Waals surface area contributed by atoms with E-state index in [1.54, 1.807) is 13.0 Å². The fraction of sp³-hybridized carbons (Fsp3) is 0.250. The lowest BCUT2D eigenvalue weighted by Gasteiger charge is -2.07. The Hall–Kier alpha value is -3.54. The Balaban J connectivity index is -0.000000523. The number of aldehydes is 1. The van der Waals surface area contributed by atoms with Crippen LogP contribution in [-0.4, -0.2) is 18.9 Å². The van der Waals surface area contributed by atoms with Crippen molar-refractivity contribution in [3.05, 3.63) is 106 Å². The first-order valence-electron chi connectivity index (χ1n) is 10.5. The Morgan fingerprint density at radius 1 is 0.853 bits per heavy atom. The van der Waals surface area contributed by atoms with Gasteiger partial charge in [0.05, 0.1) is 5.56 Å². The molecule has 3 aromatic rings. The van der Waals surface area contributed by atoms with Crippen LogP contribution in [-0.2, 0) is 22.2 Å². The number of ketones is 1. The molecule has 186 valence electrons. The van der Waals surface area contributed by atoms with Gasteiger partial charge in [-0.2, -0.15) is 13.2 Å². The first-order chi connectivity index (χ1) is 16.0. The van der Waals surface area contributed by atoms with Crippen molar-refractivity contribution >= 4 is 18.9 Å². The van der Waals surface area contributed by atoms with Crippen LogP contribution < -0.4 is 0 Å². The summed E-state index contributed by atoms with van der Waals surface area (Å²) in [4.78, 5) is 29.0. The van der Waals surface area contributed by atoms with Crippen molar-refractivity contribution in [3.8, 4) is 0 Å². The normalized spacial score (nSPS) is 9.76. The number of carbonyl (C=O) groups is 3. The van der Waals surface area contributed by atoms with Gasteiger partial charge in [-0.05, 0) is 62.9 Å². The molecule has 0 unspecified atom stereocenters. The van der Waals surface area contributed by atoms with Crippen molar-refractivity contribution < 1.29 is 30.4 Å². The zero-order valence-electron chi connectivity index (χ0n) is 20.2. The minimum absolute atomic E-state index is 0. The second kappa shape index (κ2) is 15.3.